The van der Waals surface area contributed by atoms with Gasteiger partial charge in [0, 0.05) is 30.4 Å². The van der Waals surface area contributed by atoms with Gasteiger partial charge in [-0.3, -0.25) is 4.79 Å². The first-order valence-corrected chi connectivity index (χ1v) is 10.9. The van der Waals surface area contributed by atoms with Crippen LogP contribution in [0.25, 0.3) is 22.2 Å². The van der Waals surface area contributed by atoms with E-state index >= 15 is 0 Å². The molecular formula is C28H21N3O2. The number of rotatable bonds is 5. The van der Waals surface area contributed by atoms with Gasteiger partial charge in [0.05, 0.1) is 22.3 Å². The van der Waals surface area contributed by atoms with E-state index in [0.717, 1.165) is 28.0 Å². The van der Waals surface area contributed by atoms with Gasteiger partial charge in [-0.25, -0.2) is 0 Å². The minimum atomic E-state index is -0.0259. The van der Waals surface area contributed by atoms with Gasteiger partial charge in [0.25, 0.3) is 0 Å². The van der Waals surface area contributed by atoms with Gasteiger partial charge in [-0.1, -0.05) is 78.0 Å². The molecular weight excluding hydrogens is 410 g/mol. The van der Waals surface area contributed by atoms with Gasteiger partial charge in [0.15, 0.2) is 11.5 Å². The van der Waals surface area contributed by atoms with Crippen molar-refractivity contribution in [2.75, 3.05) is 17.3 Å². The van der Waals surface area contributed by atoms with Crippen LogP contribution in [0.5, 0.6) is 0 Å². The molecule has 5 heteroatoms. The summed E-state index contributed by atoms with van der Waals surface area (Å²) in [5.74, 6) is 0.614. The molecule has 1 N–H and O–H groups in total. The Labute approximate surface area is 191 Å². The maximum Gasteiger partial charge on any atom is 0.196 e. The number of hydrogen-bond donors (Lipinski definition) is 1. The molecule has 0 spiro atoms. The summed E-state index contributed by atoms with van der Waals surface area (Å²) in [5.41, 5.74) is 6.45. The SMILES string of the molecule is CN(Cc1ccccc1)c1cc(Nc2ccccc2)c2c3c(onc13)-c1ccccc1C2=O. The number of para-hydroxylation sites is 1. The lowest BCUT2D eigenvalue weighted by molar-refractivity contribution is 0.104. The highest BCUT2D eigenvalue weighted by Gasteiger charge is 2.33. The number of anilines is 3. The Morgan fingerprint density at radius 2 is 1.55 bits per heavy atom. The first-order valence-electron chi connectivity index (χ1n) is 10.9. The van der Waals surface area contributed by atoms with E-state index in [4.69, 9.17) is 4.52 Å². The molecule has 0 unspecified atom stereocenters. The quantitative estimate of drug-likeness (QED) is 0.341. The second kappa shape index (κ2) is 7.64. The van der Waals surface area contributed by atoms with Crippen molar-refractivity contribution < 1.29 is 9.32 Å². The van der Waals surface area contributed by atoms with E-state index in [1.807, 2.05) is 85.9 Å². The fourth-order valence-electron chi connectivity index (χ4n) is 4.55. The molecule has 0 atom stereocenters. The van der Waals surface area contributed by atoms with Gasteiger partial charge >= 0.3 is 0 Å². The Morgan fingerprint density at radius 1 is 0.879 bits per heavy atom. The van der Waals surface area contributed by atoms with E-state index in [9.17, 15) is 4.79 Å². The highest BCUT2D eigenvalue weighted by Crippen LogP contribution is 2.46. The third kappa shape index (κ3) is 3.17. The van der Waals surface area contributed by atoms with Crippen LogP contribution in [0.1, 0.15) is 21.5 Å². The van der Waals surface area contributed by atoms with Crippen molar-refractivity contribution in [3.05, 3.63) is 108 Å². The van der Waals surface area contributed by atoms with Crippen LogP contribution in [0, 0.1) is 0 Å². The lowest BCUT2D eigenvalue weighted by Crippen LogP contribution is -2.18. The predicted octanol–water partition coefficient (Wildman–Crippen LogP) is 6.42. The van der Waals surface area contributed by atoms with Crippen LogP contribution in [-0.2, 0) is 6.54 Å². The second-order valence-electron chi connectivity index (χ2n) is 8.26. The molecule has 0 amide bonds. The van der Waals surface area contributed by atoms with Crippen molar-refractivity contribution in [1.29, 1.82) is 0 Å². The molecule has 0 saturated heterocycles. The zero-order valence-electron chi connectivity index (χ0n) is 18.1. The number of aromatic nitrogens is 1. The monoisotopic (exact) mass is 431 g/mol. The number of fused-ring (bicyclic) bond motifs is 2. The van der Waals surface area contributed by atoms with Gasteiger partial charge < -0.3 is 14.7 Å². The number of ketones is 1. The molecule has 6 rings (SSSR count). The lowest BCUT2D eigenvalue weighted by Gasteiger charge is -2.24. The normalized spacial score (nSPS) is 12.0. The van der Waals surface area contributed by atoms with Crippen LogP contribution in [0.2, 0.25) is 0 Å². The Kier molecular flexibility index (Phi) is 4.47. The van der Waals surface area contributed by atoms with Gasteiger partial charge in [0.1, 0.15) is 5.52 Å². The fourth-order valence-corrected chi connectivity index (χ4v) is 4.55. The van der Waals surface area contributed by atoms with Crippen molar-refractivity contribution in [3.8, 4) is 11.3 Å². The maximum atomic E-state index is 13.7. The summed E-state index contributed by atoms with van der Waals surface area (Å²) in [4.78, 5) is 15.8. The summed E-state index contributed by atoms with van der Waals surface area (Å²) < 4.78 is 5.86. The van der Waals surface area contributed by atoms with Crippen molar-refractivity contribution in [3.63, 3.8) is 0 Å². The Bertz CT molecular complexity index is 1490. The van der Waals surface area contributed by atoms with E-state index in [2.05, 4.69) is 27.5 Å². The molecule has 0 radical (unpaired) electrons. The van der Waals surface area contributed by atoms with Crippen molar-refractivity contribution >= 4 is 33.7 Å². The van der Waals surface area contributed by atoms with E-state index < -0.39 is 0 Å². The summed E-state index contributed by atoms with van der Waals surface area (Å²) in [5, 5.41) is 8.67. The van der Waals surface area contributed by atoms with Crippen molar-refractivity contribution in [2.24, 2.45) is 0 Å². The molecule has 0 aliphatic heterocycles. The molecule has 1 aromatic heterocycles. The summed E-state index contributed by atoms with van der Waals surface area (Å²) in [6, 6.07) is 29.7. The Morgan fingerprint density at radius 3 is 2.30 bits per heavy atom. The molecule has 5 nitrogen and oxygen atoms in total. The number of carbonyl (C=O) groups is 1. The fraction of sp³-hybridized carbons (Fsp3) is 0.0714. The van der Waals surface area contributed by atoms with Crippen molar-refractivity contribution in [1.82, 2.24) is 5.16 Å². The molecule has 0 bridgehead atoms. The van der Waals surface area contributed by atoms with Crippen LogP contribution in [0.15, 0.2) is 95.5 Å². The highest BCUT2D eigenvalue weighted by molar-refractivity contribution is 6.28. The summed E-state index contributed by atoms with van der Waals surface area (Å²) in [6.45, 7) is 0.701. The molecule has 1 aliphatic rings. The summed E-state index contributed by atoms with van der Waals surface area (Å²) >= 11 is 0. The maximum absolute atomic E-state index is 13.7. The summed E-state index contributed by atoms with van der Waals surface area (Å²) in [7, 11) is 2.03. The number of benzene rings is 4. The van der Waals surface area contributed by atoms with Gasteiger partial charge in [0.2, 0.25) is 0 Å². The largest absolute Gasteiger partial charge is 0.368 e. The summed E-state index contributed by atoms with van der Waals surface area (Å²) in [6.07, 6.45) is 0. The first-order chi connectivity index (χ1) is 16.2. The van der Waals surface area contributed by atoms with Crippen LogP contribution >= 0.6 is 0 Å². The molecule has 1 aliphatic carbocycles. The van der Waals surface area contributed by atoms with Crippen LogP contribution < -0.4 is 10.2 Å². The molecule has 5 aromatic rings. The van der Waals surface area contributed by atoms with Gasteiger partial charge in [-0.15, -0.1) is 0 Å². The van der Waals surface area contributed by atoms with Crippen LogP contribution in [0.4, 0.5) is 17.1 Å². The molecule has 0 fully saturated rings. The minimum absolute atomic E-state index is 0.0259. The third-order valence-corrected chi connectivity index (χ3v) is 6.11. The third-order valence-electron chi connectivity index (χ3n) is 6.11. The zero-order valence-corrected chi connectivity index (χ0v) is 18.1. The average molecular weight is 431 g/mol. The van der Waals surface area contributed by atoms with Crippen LogP contribution in [-0.4, -0.2) is 18.0 Å². The Balaban J connectivity index is 1.57. The van der Waals surface area contributed by atoms with E-state index in [1.54, 1.807) is 0 Å². The molecule has 4 aromatic carbocycles. The number of carbonyl (C=O) groups excluding carboxylic acids is 1. The number of nitrogens with one attached hydrogen (secondary N) is 1. The number of hydrogen-bond acceptors (Lipinski definition) is 5. The molecule has 1 heterocycles. The highest BCUT2D eigenvalue weighted by atomic mass is 16.5. The first kappa shape index (κ1) is 19.3. The topological polar surface area (TPSA) is 58.4 Å². The standard InChI is InChI=1S/C28H21N3O2/c1-31(17-18-10-4-2-5-11-18)23-16-22(29-19-12-6-3-7-13-19)24-25-26(23)30-33-28(25)21-15-9-8-14-20(21)27(24)32/h2-16,29H,17H2,1H3. The molecule has 33 heavy (non-hydrogen) atoms. The Hall–Kier alpha value is -4.38. The van der Waals surface area contributed by atoms with Crippen LogP contribution in [0.3, 0.4) is 0 Å². The molecule has 0 saturated carbocycles. The second-order valence-corrected chi connectivity index (χ2v) is 8.26. The van der Waals surface area contributed by atoms with E-state index in [1.165, 1.54) is 5.56 Å². The minimum Gasteiger partial charge on any atom is -0.368 e. The number of nitrogens with zero attached hydrogens (tertiary/aromatic N) is 2. The van der Waals surface area contributed by atoms with Crippen molar-refractivity contribution in [2.45, 2.75) is 6.54 Å². The average Bonchev–Trinajstić information content (AvgIpc) is 3.29. The lowest BCUT2D eigenvalue weighted by atomic mass is 9.86. The zero-order chi connectivity index (χ0) is 22.4. The van der Waals surface area contributed by atoms with Gasteiger partial charge in [-0.05, 0) is 23.8 Å². The smallest absolute Gasteiger partial charge is 0.196 e. The van der Waals surface area contributed by atoms with E-state index in [-0.39, 0.29) is 5.78 Å². The molecule has 160 valence electrons. The van der Waals surface area contributed by atoms with E-state index in [0.29, 0.717) is 28.9 Å². The van der Waals surface area contributed by atoms with Gasteiger partial charge in [-0.2, -0.15) is 0 Å². The predicted molar refractivity (Wildman–Crippen MR) is 131 cm³/mol.